The minimum Gasteiger partial charge on any atom is -0.214 e. The first-order valence-electron chi connectivity index (χ1n) is 7.63. The van der Waals surface area contributed by atoms with Crippen molar-refractivity contribution in [3.8, 4) is 0 Å². The van der Waals surface area contributed by atoms with Crippen molar-refractivity contribution in [2.45, 2.75) is 6.54 Å². The van der Waals surface area contributed by atoms with Crippen molar-refractivity contribution in [2.24, 2.45) is 0 Å². The van der Waals surface area contributed by atoms with E-state index in [2.05, 4.69) is 0 Å². The lowest BCUT2D eigenvalue weighted by Gasteiger charge is -2.03. The molecular weight excluding hydrogens is 282 g/mol. The molecule has 0 spiro atoms. The Morgan fingerprint density at radius 2 is 1.26 bits per heavy atom. The number of carbonyl (C=O) groups excluding carboxylic acids is 1. The van der Waals surface area contributed by atoms with E-state index in [4.69, 9.17) is 0 Å². The Morgan fingerprint density at radius 1 is 0.739 bits per heavy atom. The van der Waals surface area contributed by atoms with Crippen LogP contribution in [0.4, 0.5) is 0 Å². The summed E-state index contributed by atoms with van der Waals surface area (Å²) in [6, 6.07) is 29.3. The molecule has 1 amide bonds. The Bertz CT molecular complexity index is 793. The fourth-order valence-electron chi connectivity index (χ4n) is 2.42. The van der Waals surface area contributed by atoms with Crippen molar-refractivity contribution >= 4 is 12.1 Å². The summed E-state index contributed by atoms with van der Waals surface area (Å²) >= 11 is 0. The third-order valence-corrected chi connectivity index (χ3v) is 3.58. The molecule has 0 unspecified atom stereocenters. The van der Waals surface area contributed by atoms with Crippen molar-refractivity contribution in [1.29, 1.82) is 0 Å². The Labute approximate surface area is 136 Å². The summed E-state index contributed by atoms with van der Waals surface area (Å²) in [6.07, 6.45) is 1.91. The molecule has 3 aromatic carbocycles. The van der Waals surface area contributed by atoms with Crippen molar-refractivity contribution in [2.75, 3.05) is 0 Å². The second-order valence-electron chi connectivity index (χ2n) is 5.32. The molecule has 2 heteroatoms. The van der Waals surface area contributed by atoms with Gasteiger partial charge in [0.2, 0.25) is 0 Å². The van der Waals surface area contributed by atoms with E-state index in [0.29, 0.717) is 12.1 Å². The summed E-state index contributed by atoms with van der Waals surface area (Å²) in [7, 11) is 0. The smallest absolute Gasteiger partial charge is 0.214 e. The third-order valence-electron chi connectivity index (χ3n) is 3.58. The Morgan fingerprint density at radius 3 is 1.87 bits per heavy atom. The lowest BCUT2D eigenvalue weighted by molar-refractivity contribution is -0.440. The van der Waals surface area contributed by atoms with Crippen LogP contribution in [-0.2, 0) is 6.54 Å². The number of nitrogens with zero attached hydrogens (tertiary/aromatic N) is 1. The van der Waals surface area contributed by atoms with Gasteiger partial charge in [0.05, 0.1) is 5.56 Å². The minimum absolute atomic E-state index is 0.00157. The maximum absolute atomic E-state index is 12.8. The van der Waals surface area contributed by atoms with Crippen LogP contribution in [0.5, 0.6) is 0 Å². The molecule has 0 fully saturated rings. The molecule has 0 saturated carbocycles. The third kappa shape index (κ3) is 4.01. The predicted molar refractivity (Wildman–Crippen MR) is 92.8 cm³/mol. The molecule has 0 bridgehead atoms. The van der Waals surface area contributed by atoms with Crippen molar-refractivity contribution in [3.63, 3.8) is 0 Å². The summed E-state index contributed by atoms with van der Waals surface area (Å²) in [5, 5.41) is 0. The van der Waals surface area contributed by atoms with Crippen LogP contribution in [0.15, 0.2) is 91.0 Å². The van der Waals surface area contributed by atoms with E-state index in [1.165, 1.54) is 0 Å². The normalized spacial score (nSPS) is 11.2. The summed E-state index contributed by atoms with van der Waals surface area (Å²) in [6.45, 7) is 0.545. The molecule has 0 N–H and O–H groups in total. The van der Waals surface area contributed by atoms with Gasteiger partial charge in [-0.3, -0.25) is 0 Å². The topological polar surface area (TPSA) is 20.1 Å². The molecule has 23 heavy (non-hydrogen) atoms. The van der Waals surface area contributed by atoms with Gasteiger partial charge >= 0.3 is 5.91 Å². The molecule has 0 saturated heterocycles. The van der Waals surface area contributed by atoms with Crippen LogP contribution >= 0.6 is 0 Å². The van der Waals surface area contributed by atoms with Crippen LogP contribution in [0, 0.1) is 0 Å². The zero-order chi connectivity index (χ0) is 15.9. The first-order chi connectivity index (χ1) is 11.3. The highest BCUT2D eigenvalue weighted by Crippen LogP contribution is 2.07. The number of rotatable bonds is 4. The van der Waals surface area contributed by atoms with E-state index < -0.39 is 0 Å². The molecule has 2 nitrogen and oxygen atoms in total. The van der Waals surface area contributed by atoms with E-state index >= 15 is 0 Å². The maximum atomic E-state index is 12.8. The van der Waals surface area contributed by atoms with Gasteiger partial charge < -0.3 is 0 Å². The number of hydrogen-bond donors (Lipinski definition) is 0. The van der Waals surface area contributed by atoms with Gasteiger partial charge in [0.15, 0.2) is 12.8 Å². The molecule has 0 radical (unpaired) electrons. The van der Waals surface area contributed by atoms with Crippen molar-refractivity contribution in [1.82, 2.24) is 0 Å². The number of benzene rings is 3. The first-order valence-corrected chi connectivity index (χ1v) is 7.63. The van der Waals surface area contributed by atoms with Crippen LogP contribution in [0.2, 0.25) is 0 Å². The lowest BCUT2D eigenvalue weighted by atomic mass is 10.1. The highest BCUT2D eigenvalue weighted by molar-refractivity contribution is 5.91. The van der Waals surface area contributed by atoms with Gasteiger partial charge in [0.25, 0.3) is 0 Å². The highest BCUT2D eigenvalue weighted by atomic mass is 16.2. The lowest BCUT2D eigenvalue weighted by Crippen LogP contribution is -2.22. The van der Waals surface area contributed by atoms with E-state index in [9.17, 15) is 4.79 Å². The number of hydrogen-bond acceptors (Lipinski definition) is 1. The molecule has 0 aliphatic heterocycles. The largest absolute Gasteiger partial charge is 0.419 e. The molecule has 3 rings (SSSR count). The molecule has 3 aromatic rings. The monoisotopic (exact) mass is 300 g/mol. The van der Waals surface area contributed by atoms with Crippen LogP contribution in [-0.4, -0.2) is 16.7 Å². The van der Waals surface area contributed by atoms with Crippen LogP contribution in [0.1, 0.15) is 21.5 Å². The Hall–Kier alpha value is -3.00. The number of carbonyl (C=O) groups is 1. The molecular formula is C21H18NO+. The second-order valence-corrected chi connectivity index (χ2v) is 5.32. The van der Waals surface area contributed by atoms with E-state index in [1.807, 2.05) is 97.2 Å². The maximum Gasteiger partial charge on any atom is 0.419 e. The van der Waals surface area contributed by atoms with E-state index in [1.54, 1.807) is 4.58 Å². The molecule has 0 aliphatic rings. The van der Waals surface area contributed by atoms with E-state index in [-0.39, 0.29) is 5.91 Å². The highest BCUT2D eigenvalue weighted by Gasteiger charge is 2.20. The van der Waals surface area contributed by atoms with E-state index in [0.717, 1.165) is 11.1 Å². The zero-order valence-corrected chi connectivity index (χ0v) is 12.8. The first kappa shape index (κ1) is 14.9. The summed E-state index contributed by atoms with van der Waals surface area (Å²) < 4.78 is 1.76. The molecule has 0 atom stereocenters. The second kappa shape index (κ2) is 7.32. The number of amides is 1. The standard InChI is InChI=1S/C21H18NO/c23-21(20-14-8-3-9-15-20)22(16-18-10-4-1-5-11-18)17-19-12-6-2-7-13-19/h1-16H,17H2/q+1. The quantitative estimate of drug-likeness (QED) is 0.523. The summed E-state index contributed by atoms with van der Waals surface area (Å²) in [5.41, 5.74) is 2.80. The Kier molecular flexibility index (Phi) is 4.75. The van der Waals surface area contributed by atoms with Crippen molar-refractivity contribution < 1.29 is 9.37 Å². The van der Waals surface area contributed by atoms with Crippen LogP contribution < -0.4 is 0 Å². The van der Waals surface area contributed by atoms with Gasteiger partial charge in [-0.25, -0.2) is 4.79 Å². The van der Waals surface area contributed by atoms with Gasteiger partial charge in [-0.1, -0.05) is 66.7 Å². The summed E-state index contributed by atoms with van der Waals surface area (Å²) in [5.74, 6) is -0.00157. The molecule has 0 heterocycles. The van der Waals surface area contributed by atoms with Crippen molar-refractivity contribution in [3.05, 3.63) is 108 Å². The van der Waals surface area contributed by atoms with Gasteiger partial charge in [-0.2, -0.15) is 4.58 Å². The fraction of sp³-hybridized carbons (Fsp3) is 0.0476. The fourth-order valence-corrected chi connectivity index (χ4v) is 2.42. The molecule has 112 valence electrons. The van der Waals surface area contributed by atoms with Gasteiger partial charge in [0.1, 0.15) is 0 Å². The van der Waals surface area contributed by atoms with Gasteiger partial charge in [-0.05, 0) is 24.3 Å². The predicted octanol–water partition coefficient (Wildman–Crippen LogP) is 4.16. The zero-order valence-electron chi connectivity index (χ0n) is 12.8. The SMILES string of the molecule is O=C(c1ccccc1)[N+](=Cc1ccccc1)Cc1ccccc1. The Balaban J connectivity index is 1.96. The average Bonchev–Trinajstić information content (AvgIpc) is 2.63. The minimum atomic E-state index is -0.00157. The summed E-state index contributed by atoms with van der Waals surface area (Å²) in [4.78, 5) is 12.8. The molecule has 0 aliphatic carbocycles. The van der Waals surface area contributed by atoms with Crippen LogP contribution in [0.3, 0.4) is 0 Å². The van der Waals surface area contributed by atoms with Crippen LogP contribution in [0.25, 0.3) is 0 Å². The van der Waals surface area contributed by atoms with Gasteiger partial charge in [0, 0.05) is 11.1 Å². The van der Waals surface area contributed by atoms with Gasteiger partial charge in [-0.15, -0.1) is 0 Å². The average molecular weight is 300 g/mol. The molecule has 0 aromatic heterocycles.